The minimum absolute atomic E-state index is 0.120. The van der Waals surface area contributed by atoms with Crippen molar-refractivity contribution in [2.45, 2.75) is 200 Å². The number of carbonyl (C=O) groups is 2. The van der Waals surface area contributed by atoms with Crippen LogP contribution < -0.4 is 0 Å². The van der Waals surface area contributed by atoms with Crippen LogP contribution in [0.5, 0.6) is 0 Å². The smallest absolute Gasteiger partial charge is 0.313 e. The highest BCUT2D eigenvalue weighted by atomic mass is 16.6. The van der Waals surface area contributed by atoms with Crippen LogP contribution in [0.4, 0.5) is 0 Å². The second-order valence-corrected chi connectivity index (χ2v) is 11.9. The zero-order valence-electron chi connectivity index (χ0n) is 25.9. The summed E-state index contributed by atoms with van der Waals surface area (Å²) in [6.45, 7) is 6.25. The first-order valence-electron chi connectivity index (χ1n) is 16.9. The molecule has 1 N–H and O–H groups in total. The van der Waals surface area contributed by atoms with Gasteiger partial charge in [0.05, 0.1) is 12.5 Å². The molecule has 0 aromatic carbocycles. The summed E-state index contributed by atoms with van der Waals surface area (Å²) >= 11 is 0. The van der Waals surface area contributed by atoms with Crippen molar-refractivity contribution in [1.29, 1.82) is 0 Å². The number of hydrogen-bond donors (Lipinski definition) is 1. The molecule has 0 aliphatic heterocycles. The van der Waals surface area contributed by atoms with Gasteiger partial charge in [0.25, 0.3) is 0 Å². The maximum absolute atomic E-state index is 12.2. The molecule has 0 amide bonds. The topological polar surface area (TPSA) is 63.6 Å². The third-order valence-corrected chi connectivity index (χ3v) is 8.00. The van der Waals surface area contributed by atoms with Gasteiger partial charge in [-0.05, 0) is 25.7 Å². The highest BCUT2D eigenvalue weighted by Crippen LogP contribution is 2.20. The molecule has 0 fully saturated rings. The zero-order valence-corrected chi connectivity index (χ0v) is 25.9. The molecule has 0 heterocycles. The van der Waals surface area contributed by atoms with E-state index in [2.05, 4.69) is 13.8 Å². The fourth-order valence-corrected chi connectivity index (χ4v) is 5.31. The molecule has 0 aromatic heterocycles. The van der Waals surface area contributed by atoms with E-state index in [1.165, 1.54) is 122 Å². The standard InChI is InChI=1S/C34H66O4/c1-4-6-8-10-12-14-15-16-17-18-19-21-23-25-27-29-33(36)38-34(37)30-32(31(3)35)28-26-24-22-20-13-11-9-7-5-2/h31-32,35H,4-30H2,1-3H3. The van der Waals surface area contributed by atoms with Gasteiger partial charge >= 0.3 is 11.9 Å². The number of esters is 2. The number of ether oxygens (including phenoxy) is 1. The summed E-state index contributed by atoms with van der Waals surface area (Å²) < 4.78 is 5.05. The van der Waals surface area contributed by atoms with Crippen molar-refractivity contribution < 1.29 is 19.4 Å². The predicted molar refractivity (Wildman–Crippen MR) is 162 cm³/mol. The molecule has 0 saturated heterocycles. The van der Waals surface area contributed by atoms with Gasteiger partial charge in [-0.25, -0.2) is 0 Å². The molecule has 4 heteroatoms. The monoisotopic (exact) mass is 538 g/mol. The maximum Gasteiger partial charge on any atom is 0.313 e. The Morgan fingerprint density at radius 3 is 1.24 bits per heavy atom. The van der Waals surface area contributed by atoms with Crippen LogP contribution in [0, 0.1) is 5.92 Å². The van der Waals surface area contributed by atoms with Crippen LogP contribution >= 0.6 is 0 Å². The molecule has 2 atom stereocenters. The third-order valence-electron chi connectivity index (χ3n) is 8.00. The van der Waals surface area contributed by atoms with Crippen molar-refractivity contribution in [3.05, 3.63) is 0 Å². The normalized spacial score (nSPS) is 12.9. The molecule has 0 aliphatic carbocycles. The van der Waals surface area contributed by atoms with E-state index in [0.717, 1.165) is 38.5 Å². The lowest BCUT2D eigenvalue weighted by molar-refractivity contribution is -0.161. The fourth-order valence-electron chi connectivity index (χ4n) is 5.31. The van der Waals surface area contributed by atoms with Crippen LogP contribution in [-0.2, 0) is 14.3 Å². The van der Waals surface area contributed by atoms with Crippen LogP contribution in [0.25, 0.3) is 0 Å². The average molecular weight is 539 g/mol. The number of rotatable bonds is 29. The van der Waals surface area contributed by atoms with Gasteiger partial charge in [0.2, 0.25) is 0 Å². The number of hydrogen-bond acceptors (Lipinski definition) is 4. The number of aliphatic hydroxyl groups excluding tert-OH is 1. The number of aliphatic hydroxyl groups is 1. The van der Waals surface area contributed by atoms with Crippen molar-refractivity contribution in [2.24, 2.45) is 5.92 Å². The van der Waals surface area contributed by atoms with Gasteiger partial charge < -0.3 is 9.84 Å². The Morgan fingerprint density at radius 2 is 0.868 bits per heavy atom. The van der Waals surface area contributed by atoms with E-state index in [0.29, 0.717) is 6.42 Å². The van der Waals surface area contributed by atoms with Crippen LogP contribution in [0.1, 0.15) is 194 Å². The molecule has 0 aromatic rings. The summed E-state index contributed by atoms with van der Waals surface area (Å²) in [4.78, 5) is 24.3. The van der Waals surface area contributed by atoms with Crippen molar-refractivity contribution in [3.8, 4) is 0 Å². The number of unbranched alkanes of at least 4 members (excludes halogenated alkanes) is 22. The first-order valence-corrected chi connectivity index (χ1v) is 16.9. The van der Waals surface area contributed by atoms with Crippen LogP contribution in [-0.4, -0.2) is 23.1 Å². The lowest BCUT2D eigenvalue weighted by atomic mass is 9.92. The third kappa shape index (κ3) is 26.7. The Balaban J connectivity index is 3.64. The van der Waals surface area contributed by atoms with Gasteiger partial charge in [-0.1, -0.05) is 162 Å². The lowest BCUT2D eigenvalue weighted by Crippen LogP contribution is -2.23. The van der Waals surface area contributed by atoms with E-state index >= 15 is 0 Å². The fraction of sp³-hybridized carbons (Fsp3) is 0.941. The molecule has 2 unspecified atom stereocenters. The second-order valence-electron chi connectivity index (χ2n) is 11.9. The Labute approximate surface area is 237 Å². The summed E-state index contributed by atoms with van der Waals surface area (Å²) in [6.07, 6.45) is 31.3. The van der Waals surface area contributed by atoms with Crippen LogP contribution in [0.3, 0.4) is 0 Å². The van der Waals surface area contributed by atoms with Crippen molar-refractivity contribution in [1.82, 2.24) is 0 Å². The Morgan fingerprint density at radius 1 is 0.526 bits per heavy atom. The van der Waals surface area contributed by atoms with E-state index < -0.39 is 18.0 Å². The molecule has 4 nitrogen and oxygen atoms in total. The second kappa shape index (κ2) is 29.1. The van der Waals surface area contributed by atoms with Crippen molar-refractivity contribution in [3.63, 3.8) is 0 Å². The molecule has 0 aliphatic rings. The highest BCUT2D eigenvalue weighted by Gasteiger charge is 2.21. The molecule has 0 rings (SSSR count). The van der Waals surface area contributed by atoms with Crippen LogP contribution in [0.2, 0.25) is 0 Å². The van der Waals surface area contributed by atoms with E-state index in [9.17, 15) is 14.7 Å². The first-order chi connectivity index (χ1) is 18.5. The maximum atomic E-state index is 12.2. The van der Waals surface area contributed by atoms with Gasteiger partial charge in [-0.2, -0.15) is 0 Å². The molecule has 226 valence electrons. The van der Waals surface area contributed by atoms with Gasteiger partial charge in [0.1, 0.15) is 0 Å². The molecule has 0 saturated carbocycles. The summed E-state index contributed by atoms with van der Waals surface area (Å²) in [5.41, 5.74) is 0. The Kier molecular flexibility index (Phi) is 28.4. The highest BCUT2D eigenvalue weighted by molar-refractivity contribution is 5.85. The van der Waals surface area contributed by atoms with E-state index in [4.69, 9.17) is 4.74 Å². The average Bonchev–Trinajstić information content (AvgIpc) is 2.89. The van der Waals surface area contributed by atoms with E-state index in [-0.39, 0.29) is 12.3 Å². The minimum Gasteiger partial charge on any atom is -0.393 e. The minimum atomic E-state index is -0.553. The largest absolute Gasteiger partial charge is 0.393 e. The molecule has 0 bridgehead atoms. The summed E-state index contributed by atoms with van der Waals surface area (Å²) in [5, 5.41) is 10.1. The lowest BCUT2D eigenvalue weighted by Gasteiger charge is -2.18. The zero-order chi connectivity index (χ0) is 28.1. The molecular weight excluding hydrogens is 472 g/mol. The molecule has 38 heavy (non-hydrogen) atoms. The van der Waals surface area contributed by atoms with Gasteiger partial charge in [0, 0.05) is 6.42 Å². The summed E-state index contributed by atoms with van der Waals surface area (Å²) in [7, 11) is 0. The van der Waals surface area contributed by atoms with Gasteiger partial charge in [-0.15, -0.1) is 0 Å². The molecule has 0 radical (unpaired) electrons. The van der Waals surface area contributed by atoms with Gasteiger partial charge in [-0.3, -0.25) is 9.59 Å². The Hall–Kier alpha value is -0.900. The predicted octanol–water partition coefficient (Wildman–Crippen LogP) is 10.6. The summed E-state index contributed by atoms with van der Waals surface area (Å²) in [6, 6.07) is 0. The van der Waals surface area contributed by atoms with Crippen molar-refractivity contribution >= 4 is 11.9 Å². The van der Waals surface area contributed by atoms with E-state index in [1.807, 2.05) is 0 Å². The number of carbonyl (C=O) groups excluding carboxylic acids is 2. The Bertz CT molecular complexity index is 517. The van der Waals surface area contributed by atoms with Crippen LogP contribution in [0.15, 0.2) is 0 Å². The summed E-state index contributed by atoms with van der Waals surface area (Å²) in [5.74, 6) is -0.999. The molecule has 0 spiro atoms. The SMILES string of the molecule is CCCCCCCCCCCCCCCCCC(=O)OC(=O)CC(CCCCCCCCCCC)C(C)O. The molecular formula is C34H66O4. The van der Waals surface area contributed by atoms with Gasteiger partial charge in [0.15, 0.2) is 0 Å². The quantitative estimate of drug-likeness (QED) is 0.0584. The van der Waals surface area contributed by atoms with E-state index in [1.54, 1.807) is 6.92 Å². The first kappa shape index (κ1) is 37.1. The van der Waals surface area contributed by atoms with Crippen molar-refractivity contribution in [2.75, 3.05) is 0 Å².